The minimum absolute atomic E-state index is 0. The summed E-state index contributed by atoms with van der Waals surface area (Å²) in [4.78, 5) is 0. The molecule has 6 rings (SSSR count). The molecule has 0 unspecified atom stereocenters. The first-order valence-corrected chi connectivity index (χ1v) is 22.7. The lowest BCUT2D eigenvalue weighted by atomic mass is 10.0. The van der Waals surface area contributed by atoms with Gasteiger partial charge in [0.2, 0.25) is 24.8 Å². The molecule has 0 atom stereocenters. The number of thioether (sulfide) groups is 2. The van der Waals surface area contributed by atoms with Gasteiger partial charge in [0.1, 0.15) is 0 Å². The lowest BCUT2D eigenvalue weighted by Gasteiger charge is -2.30. The van der Waals surface area contributed by atoms with Crippen molar-refractivity contribution in [3.8, 4) is 0 Å². The molecule has 0 amide bonds. The Morgan fingerprint density at radius 1 is 0.431 bits per heavy atom. The van der Waals surface area contributed by atoms with Crippen molar-refractivity contribution in [1.82, 2.24) is 0 Å². The molecule has 0 radical (unpaired) electrons. The maximum absolute atomic E-state index is 10.6. The summed E-state index contributed by atoms with van der Waals surface area (Å²) in [5, 5.41) is 41.1. The Labute approximate surface area is 349 Å². The van der Waals surface area contributed by atoms with Crippen LogP contribution < -0.4 is 18.9 Å². The zero-order valence-electron chi connectivity index (χ0n) is 32.4. The molecule has 312 valence electrons. The fourth-order valence-corrected chi connectivity index (χ4v) is 10.9. The lowest BCUT2D eigenvalue weighted by Crippen LogP contribution is -2.35. The van der Waals surface area contributed by atoms with Crippen LogP contribution in [0.1, 0.15) is 44.5 Å². The van der Waals surface area contributed by atoms with E-state index < -0.39 is 21.2 Å². The summed E-state index contributed by atoms with van der Waals surface area (Å²) >= 11 is 3.22. The topological polar surface area (TPSA) is 240 Å². The number of benzene rings is 2. The molecule has 0 saturated heterocycles. The molecular weight excluding hydrogens is 825 g/mol. The highest BCUT2D eigenvalue weighted by Crippen LogP contribution is 2.51. The third kappa shape index (κ3) is 12.2. The van der Waals surface area contributed by atoms with Crippen molar-refractivity contribution < 1.29 is 68.9 Å². The fourth-order valence-electron chi connectivity index (χ4n) is 5.80. The van der Waals surface area contributed by atoms with E-state index in [4.69, 9.17) is 0 Å². The molecule has 18 heteroatoms. The SMILES string of the molecule is Cc1cc(CS(O)(O)c2cccc[n+]2O)c(C)cc1CS(O)(O)c1cccc[n+]1O.Cc1cc(CSc2cccc[n+]2O)c(C)cc1CSc1cccc[n+]1O.O.O. The molecule has 58 heavy (non-hydrogen) atoms. The summed E-state index contributed by atoms with van der Waals surface area (Å²) in [7, 11) is -6.59. The van der Waals surface area contributed by atoms with Gasteiger partial charge in [-0.1, -0.05) is 24.3 Å². The van der Waals surface area contributed by atoms with Crippen molar-refractivity contribution >= 4 is 44.7 Å². The number of rotatable bonds is 12. The van der Waals surface area contributed by atoms with Crippen molar-refractivity contribution in [2.75, 3.05) is 0 Å². The quantitative estimate of drug-likeness (QED) is 0.0390. The number of aromatic nitrogens is 4. The number of aryl methyl sites for hydroxylation is 4. The molecule has 0 fully saturated rings. The highest BCUT2D eigenvalue weighted by molar-refractivity contribution is 8.23. The van der Waals surface area contributed by atoms with Gasteiger partial charge in [-0.2, -0.15) is 0 Å². The van der Waals surface area contributed by atoms with Gasteiger partial charge in [-0.15, -0.1) is 21.2 Å². The smallest absolute Gasteiger partial charge is 0.344 e. The number of nitrogens with zero attached hydrogens (tertiary/aromatic N) is 4. The van der Waals surface area contributed by atoms with Crippen LogP contribution in [0, 0.1) is 27.7 Å². The van der Waals surface area contributed by atoms with E-state index in [1.165, 1.54) is 46.8 Å². The Morgan fingerprint density at radius 3 is 1.05 bits per heavy atom. The van der Waals surface area contributed by atoms with Crippen LogP contribution in [0.25, 0.3) is 0 Å². The summed E-state index contributed by atoms with van der Waals surface area (Å²) in [6, 6.07) is 28.5. The fraction of sp³-hybridized carbons (Fsp3) is 0.200. The largest absolute Gasteiger partial charge is 0.412 e. The van der Waals surface area contributed by atoms with Gasteiger partial charge in [-0.05, 0) is 120 Å². The third-order valence-corrected chi connectivity index (χ3v) is 14.5. The Kier molecular flexibility index (Phi) is 17.2. The zero-order valence-corrected chi connectivity index (χ0v) is 35.6. The van der Waals surface area contributed by atoms with Crippen molar-refractivity contribution in [1.29, 1.82) is 0 Å². The molecule has 4 heterocycles. The molecular formula is C40H52N4O10S4+4. The van der Waals surface area contributed by atoms with Crippen molar-refractivity contribution in [3.05, 3.63) is 166 Å². The van der Waals surface area contributed by atoms with E-state index >= 15 is 0 Å². The maximum atomic E-state index is 10.6. The lowest BCUT2D eigenvalue weighted by molar-refractivity contribution is -0.933. The third-order valence-electron chi connectivity index (χ3n) is 8.94. The summed E-state index contributed by atoms with van der Waals surface area (Å²) < 4.78 is 46.2. The molecule has 0 bridgehead atoms. The van der Waals surface area contributed by atoms with E-state index in [9.17, 15) is 39.0 Å². The van der Waals surface area contributed by atoms with Crippen LogP contribution in [0.4, 0.5) is 0 Å². The van der Waals surface area contributed by atoms with Crippen LogP contribution in [-0.4, -0.2) is 50.0 Å². The van der Waals surface area contributed by atoms with Gasteiger partial charge in [0.05, 0.1) is 11.5 Å². The van der Waals surface area contributed by atoms with Crippen molar-refractivity contribution in [3.63, 3.8) is 0 Å². The Morgan fingerprint density at radius 2 is 0.724 bits per heavy atom. The monoisotopic (exact) mass is 876 g/mol. The first-order valence-electron chi connectivity index (χ1n) is 17.3. The van der Waals surface area contributed by atoms with Crippen molar-refractivity contribution in [2.24, 2.45) is 0 Å². The van der Waals surface area contributed by atoms with Crippen LogP contribution >= 0.6 is 44.7 Å². The highest BCUT2D eigenvalue weighted by Gasteiger charge is 2.30. The van der Waals surface area contributed by atoms with Crippen LogP contribution in [0.2, 0.25) is 0 Å². The van der Waals surface area contributed by atoms with Gasteiger partial charge in [-0.3, -0.25) is 39.0 Å². The van der Waals surface area contributed by atoms with E-state index in [0.29, 0.717) is 20.6 Å². The first-order chi connectivity index (χ1) is 26.6. The van der Waals surface area contributed by atoms with E-state index in [1.54, 1.807) is 98.3 Å². The highest BCUT2D eigenvalue weighted by atomic mass is 32.3. The van der Waals surface area contributed by atoms with E-state index in [1.807, 2.05) is 24.3 Å². The van der Waals surface area contributed by atoms with E-state index in [0.717, 1.165) is 42.1 Å². The van der Waals surface area contributed by atoms with Gasteiger partial charge in [0, 0.05) is 79.0 Å². The van der Waals surface area contributed by atoms with Crippen molar-refractivity contribution in [2.45, 2.75) is 70.8 Å². The minimum Gasteiger partial charge on any atom is -0.412 e. The average Bonchev–Trinajstić information content (AvgIpc) is 3.14. The Hall–Kier alpha value is -4.60. The normalized spacial score (nSPS) is 11.7. The molecule has 0 aliphatic carbocycles. The van der Waals surface area contributed by atoms with Gasteiger partial charge < -0.3 is 11.0 Å². The molecule has 0 saturated carbocycles. The molecule has 14 nitrogen and oxygen atoms in total. The molecule has 4 aromatic heterocycles. The second-order valence-electron chi connectivity index (χ2n) is 13.1. The van der Waals surface area contributed by atoms with Gasteiger partial charge >= 0.3 is 10.1 Å². The standard InChI is InChI=1S/C20H24N2O6S2.C20H22N2O2S2.2H2O/c1-15-11-18(14-30(27,28)20-8-4-6-10-22(20)24)16(2)12-17(15)13-29(25,26)19-7-3-5-9-21(19)23;1-15-11-18(14-26-20-8-4-6-10-22(20)24)16(2)12-17(15)13-25-19-7-3-5-9-21(19)23;;/h3-12H,13-14H2,1-2H3,(H4-2,23,24,25,26,27,28);3-12,23-24H,13-14H2,1-2H3;2*1H2/q;+2;;/p+2. The van der Waals surface area contributed by atoms with Gasteiger partial charge in [0.25, 0.3) is 10.1 Å². The Balaban J connectivity index is 0.000000303. The van der Waals surface area contributed by atoms with Gasteiger partial charge in [-0.25, -0.2) is 0 Å². The molecule has 12 N–H and O–H groups in total. The predicted octanol–water partition coefficient (Wildman–Crippen LogP) is 6.26. The second kappa shape index (κ2) is 20.9. The first kappa shape index (κ1) is 47.8. The summed E-state index contributed by atoms with van der Waals surface area (Å²) in [6.07, 6.45) is 5.93. The minimum atomic E-state index is -3.30. The molecule has 6 aromatic rings. The average molecular weight is 877 g/mol. The van der Waals surface area contributed by atoms with E-state index in [2.05, 4.69) is 26.0 Å². The number of hydrogen-bond donors (Lipinski definition) is 8. The van der Waals surface area contributed by atoms with E-state index in [-0.39, 0.29) is 32.5 Å². The predicted molar refractivity (Wildman–Crippen MR) is 223 cm³/mol. The summed E-state index contributed by atoms with van der Waals surface area (Å²) in [5.74, 6) is 1.44. The van der Waals surface area contributed by atoms with Crippen LogP contribution in [-0.2, 0) is 23.0 Å². The zero-order chi connectivity index (χ0) is 40.6. The molecule has 0 spiro atoms. The number of pyridine rings is 4. The maximum Gasteiger partial charge on any atom is 0.344 e. The molecule has 0 aliphatic rings. The van der Waals surface area contributed by atoms with Gasteiger partial charge in [0.15, 0.2) is 0 Å². The second-order valence-corrected chi connectivity index (χ2v) is 19.2. The summed E-state index contributed by atoms with van der Waals surface area (Å²) in [6.45, 7) is 7.84. The molecule has 0 aliphatic heterocycles. The molecule has 2 aromatic carbocycles. The number of hydrogen-bond acceptors (Lipinski definition) is 10. The van der Waals surface area contributed by atoms with Crippen LogP contribution in [0.5, 0.6) is 0 Å². The Bertz CT molecular complexity index is 2160. The summed E-state index contributed by atoms with van der Waals surface area (Å²) in [5.41, 5.74) is 7.85. The van der Waals surface area contributed by atoms with Crippen LogP contribution in [0.3, 0.4) is 0 Å². The van der Waals surface area contributed by atoms with Crippen LogP contribution in [0.15, 0.2) is 142 Å².